The number of carboxylic acid groups (broad SMARTS) is 1. The van der Waals surface area contributed by atoms with Gasteiger partial charge in [0.2, 0.25) is 5.91 Å². The molecule has 0 aromatic carbocycles. The molecule has 1 amide bonds. The van der Waals surface area contributed by atoms with E-state index < -0.39 is 11.5 Å². The monoisotopic (exact) mass is 362 g/mol. The third-order valence-corrected chi connectivity index (χ3v) is 4.53. The molecule has 0 radical (unpaired) electrons. The Hall–Kier alpha value is -0.920. The minimum Gasteiger partial charge on any atom is -0.480 e. The van der Waals surface area contributed by atoms with Gasteiger partial charge in [-0.05, 0) is 48.8 Å². The number of carbonyl (C=O) groups excluding carboxylic acids is 1. The van der Waals surface area contributed by atoms with Gasteiger partial charge in [-0.15, -0.1) is 11.3 Å². The van der Waals surface area contributed by atoms with Crippen molar-refractivity contribution in [3.05, 3.63) is 20.8 Å². The minimum absolute atomic E-state index is 0.0136. The number of hydrogen-bond acceptors (Lipinski definition) is 4. The molecule has 0 saturated heterocycles. The quantitative estimate of drug-likeness (QED) is 0.780. The number of nitrogens with zero attached hydrogens (tertiary/aromatic N) is 1. The largest absolute Gasteiger partial charge is 0.480 e. The van der Waals surface area contributed by atoms with Crippen molar-refractivity contribution in [1.29, 1.82) is 0 Å². The molecule has 0 aliphatic carbocycles. The van der Waals surface area contributed by atoms with Crippen molar-refractivity contribution in [3.63, 3.8) is 0 Å². The molecule has 20 heavy (non-hydrogen) atoms. The van der Waals surface area contributed by atoms with E-state index >= 15 is 0 Å². The number of hydrogen-bond donors (Lipinski definition) is 2. The summed E-state index contributed by atoms with van der Waals surface area (Å²) in [6, 6.07) is 3.92. The van der Waals surface area contributed by atoms with E-state index in [1.165, 1.54) is 13.8 Å². The zero-order chi connectivity index (χ0) is 15.3. The van der Waals surface area contributed by atoms with Gasteiger partial charge in [-0.25, -0.2) is 0 Å². The van der Waals surface area contributed by atoms with Gasteiger partial charge in [-0.2, -0.15) is 0 Å². The van der Waals surface area contributed by atoms with Crippen LogP contribution in [0.4, 0.5) is 0 Å². The molecule has 1 rings (SSSR count). The van der Waals surface area contributed by atoms with E-state index in [9.17, 15) is 9.59 Å². The van der Waals surface area contributed by atoms with E-state index in [0.717, 1.165) is 8.66 Å². The summed E-state index contributed by atoms with van der Waals surface area (Å²) in [6.45, 7) is 6.12. The van der Waals surface area contributed by atoms with Crippen LogP contribution in [0.3, 0.4) is 0 Å². The van der Waals surface area contributed by atoms with E-state index in [0.29, 0.717) is 13.1 Å². The highest BCUT2D eigenvalue weighted by molar-refractivity contribution is 9.11. The van der Waals surface area contributed by atoms with E-state index in [1.807, 2.05) is 19.1 Å². The molecule has 0 fully saturated rings. The van der Waals surface area contributed by atoms with Crippen LogP contribution >= 0.6 is 27.3 Å². The first kappa shape index (κ1) is 17.1. The lowest BCUT2D eigenvalue weighted by molar-refractivity contribution is -0.143. The standard InChI is InChI=1S/C13H19BrN2O3S/c1-4-16(8-9-5-6-10(14)20-9)11(17)7-15-13(2,3)12(18)19/h5-6,15H,4,7-8H2,1-3H3,(H,18,19). The molecule has 0 saturated carbocycles. The van der Waals surface area contributed by atoms with Gasteiger partial charge < -0.3 is 10.0 Å². The highest BCUT2D eigenvalue weighted by atomic mass is 79.9. The van der Waals surface area contributed by atoms with Crippen molar-refractivity contribution in [2.75, 3.05) is 13.1 Å². The number of amides is 1. The van der Waals surface area contributed by atoms with Crippen LogP contribution in [0.1, 0.15) is 25.6 Å². The van der Waals surface area contributed by atoms with Crippen molar-refractivity contribution in [2.24, 2.45) is 0 Å². The molecule has 1 aromatic heterocycles. The number of nitrogens with one attached hydrogen (secondary N) is 1. The average molecular weight is 363 g/mol. The molecule has 1 aromatic rings. The lowest BCUT2D eigenvalue weighted by Crippen LogP contribution is -2.51. The number of halogens is 1. The minimum atomic E-state index is -1.11. The summed E-state index contributed by atoms with van der Waals surface area (Å²) in [5, 5.41) is 11.8. The van der Waals surface area contributed by atoms with Crippen LogP contribution in [-0.2, 0) is 16.1 Å². The Balaban J connectivity index is 2.57. The van der Waals surface area contributed by atoms with Gasteiger partial charge in [0.15, 0.2) is 0 Å². The van der Waals surface area contributed by atoms with Gasteiger partial charge in [-0.1, -0.05) is 0 Å². The SMILES string of the molecule is CCN(Cc1ccc(Br)s1)C(=O)CNC(C)(C)C(=O)O. The predicted octanol–water partition coefficient (Wildman–Crippen LogP) is 2.31. The maximum Gasteiger partial charge on any atom is 0.323 e. The van der Waals surface area contributed by atoms with Crippen LogP contribution in [0.5, 0.6) is 0 Å². The van der Waals surface area contributed by atoms with Gasteiger partial charge >= 0.3 is 5.97 Å². The van der Waals surface area contributed by atoms with Gasteiger partial charge in [0.05, 0.1) is 16.9 Å². The second-order valence-electron chi connectivity index (χ2n) is 4.90. The molecule has 0 aliphatic rings. The van der Waals surface area contributed by atoms with Crippen molar-refractivity contribution >= 4 is 39.1 Å². The lowest BCUT2D eigenvalue weighted by atomic mass is 10.1. The first-order valence-corrected chi connectivity index (χ1v) is 7.87. The summed E-state index contributed by atoms with van der Waals surface area (Å²) in [5.41, 5.74) is -1.11. The van der Waals surface area contributed by atoms with Crippen LogP contribution < -0.4 is 5.32 Å². The maximum absolute atomic E-state index is 12.1. The number of thiophene rings is 1. The summed E-state index contributed by atoms with van der Waals surface area (Å²) in [6.07, 6.45) is 0. The van der Waals surface area contributed by atoms with E-state index in [1.54, 1.807) is 16.2 Å². The molecule has 5 nitrogen and oxygen atoms in total. The molecule has 1 heterocycles. The molecular weight excluding hydrogens is 344 g/mol. The number of aliphatic carboxylic acids is 1. The number of rotatable bonds is 7. The maximum atomic E-state index is 12.1. The van der Waals surface area contributed by atoms with Crippen LogP contribution in [0.15, 0.2) is 15.9 Å². The Labute approximate surface area is 131 Å². The van der Waals surface area contributed by atoms with Crippen LogP contribution in [0.2, 0.25) is 0 Å². The summed E-state index contributed by atoms with van der Waals surface area (Å²) >= 11 is 4.98. The Morgan fingerprint density at radius 3 is 2.55 bits per heavy atom. The zero-order valence-electron chi connectivity index (χ0n) is 11.8. The highest BCUT2D eigenvalue weighted by Gasteiger charge is 2.27. The van der Waals surface area contributed by atoms with Crippen LogP contribution in [0.25, 0.3) is 0 Å². The highest BCUT2D eigenvalue weighted by Crippen LogP contribution is 2.23. The summed E-state index contributed by atoms with van der Waals surface area (Å²) in [7, 11) is 0. The second kappa shape index (κ2) is 7.19. The molecule has 0 spiro atoms. The van der Waals surface area contributed by atoms with Gasteiger partial charge in [0.25, 0.3) is 0 Å². The Morgan fingerprint density at radius 1 is 1.45 bits per heavy atom. The molecule has 0 atom stereocenters. The smallest absolute Gasteiger partial charge is 0.323 e. The van der Waals surface area contributed by atoms with Crippen LogP contribution in [0, 0.1) is 0 Å². The molecule has 0 unspecified atom stereocenters. The number of carbonyl (C=O) groups is 2. The predicted molar refractivity (Wildman–Crippen MR) is 82.8 cm³/mol. The molecular formula is C13H19BrN2O3S. The average Bonchev–Trinajstić information content (AvgIpc) is 2.78. The number of likely N-dealkylation sites (N-methyl/N-ethyl adjacent to an activating group) is 1. The Morgan fingerprint density at radius 2 is 2.10 bits per heavy atom. The van der Waals surface area contributed by atoms with Gasteiger partial charge in [0.1, 0.15) is 5.54 Å². The lowest BCUT2D eigenvalue weighted by Gasteiger charge is -2.24. The van der Waals surface area contributed by atoms with Crippen LogP contribution in [-0.4, -0.2) is 40.5 Å². The summed E-state index contributed by atoms with van der Waals surface area (Å²) < 4.78 is 1.03. The first-order chi connectivity index (χ1) is 9.26. The van der Waals surface area contributed by atoms with Gasteiger partial charge in [0, 0.05) is 11.4 Å². The Bertz CT molecular complexity index is 488. The topological polar surface area (TPSA) is 69.6 Å². The van der Waals surface area contributed by atoms with E-state index in [2.05, 4.69) is 21.2 Å². The third-order valence-electron chi connectivity index (χ3n) is 2.93. The van der Waals surface area contributed by atoms with Crippen molar-refractivity contribution in [1.82, 2.24) is 10.2 Å². The normalized spacial score (nSPS) is 11.4. The molecule has 2 N–H and O–H groups in total. The third kappa shape index (κ3) is 4.88. The van der Waals surface area contributed by atoms with Crippen molar-refractivity contribution in [2.45, 2.75) is 32.9 Å². The summed E-state index contributed by atoms with van der Waals surface area (Å²) in [4.78, 5) is 25.9. The summed E-state index contributed by atoms with van der Waals surface area (Å²) in [5.74, 6) is -1.08. The molecule has 7 heteroatoms. The fourth-order valence-electron chi connectivity index (χ4n) is 1.49. The van der Waals surface area contributed by atoms with E-state index in [4.69, 9.17) is 5.11 Å². The van der Waals surface area contributed by atoms with Crippen molar-refractivity contribution < 1.29 is 14.7 Å². The zero-order valence-corrected chi connectivity index (χ0v) is 14.2. The van der Waals surface area contributed by atoms with E-state index in [-0.39, 0.29) is 12.5 Å². The fraction of sp³-hybridized carbons (Fsp3) is 0.538. The molecule has 112 valence electrons. The Kier molecular flexibility index (Phi) is 6.16. The van der Waals surface area contributed by atoms with Gasteiger partial charge in [-0.3, -0.25) is 14.9 Å². The van der Waals surface area contributed by atoms with Crippen molar-refractivity contribution in [3.8, 4) is 0 Å². The first-order valence-electron chi connectivity index (χ1n) is 6.26. The fourth-order valence-corrected chi connectivity index (χ4v) is 2.98. The molecule has 0 aliphatic heterocycles. The molecule has 0 bridgehead atoms. The number of carboxylic acids is 1. The second-order valence-corrected chi connectivity index (χ2v) is 7.45.